The summed E-state index contributed by atoms with van der Waals surface area (Å²) < 4.78 is 12.7. The summed E-state index contributed by atoms with van der Waals surface area (Å²) in [5.41, 5.74) is 10.6. The van der Waals surface area contributed by atoms with Gasteiger partial charge in [0.2, 0.25) is 0 Å². The molecule has 0 aliphatic carbocycles. The van der Waals surface area contributed by atoms with Gasteiger partial charge < -0.3 is 8.83 Å². The lowest BCUT2D eigenvalue weighted by atomic mass is 9.93. The highest BCUT2D eigenvalue weighted by atomic mass is 16.3. The van der Waals surface area contributed by atoms with Gasteiger partial charge in [-0.25, -0.2) is 15.0 Å². The second-order valence-electron chi connectivity index (χ2n) is 12.4. The first-order valence-corrected chi connectivity index (χ1v) is 16.6. The van der Waals surface area contributed by atoms with Gasteiger partial charge in [-0.3, -0.25) is 0 Å². The Morgan fingerprint density at radius 2 is 0.720 bits per heavy atom. The van der Waals surface area contributed by atoms with Crippen molar-refractivity contribution < 1.29 is 8.83 Å². The maximum absolute atomic E-state index is 6.44. The van der Waals surface area contributed by atoms with Crippen molar-refractivity contribution in [1.29, 1.82) is 0 Å². The zero-order chi connectivity index (χ0) is 33.0. The van der Waals surface area contributed by atoms with E-state index in [4.69, 9.17) is 23.8 Å². The molecule has 7 aromatic carbocycles. The summed E-state index contributed by atoms with van der Waals surface area (Å²) in [6.45, 7) is 0. The summed E-state index contributed by atoms with van der Waals surface area (Å²) in [6, 6.07) is 55.9. The van der Waals surface area contributed by atoms with Crippen molar-refractivity contribution in [3.63, 3.8) is 0 Å². The molecule has 0 radical (unpaired) electrons. The fourth-order valence-electron chi connectivity index (χ4n) is 6.90. The van der Waals surface area contributed by atoms with Crippen molar-refractivity contribution in [3.05, 3.63) is 164 Å². The van der Waals surface area contributed by atoms with Crippen molar-refractivity contribution in [2.24, 2.45) is 0 Å². The lowest BCUT2D eigenvalue weighted by Gasteiger charge is -2.10. The molecular weight excluding hydrogens is 615 g/mol. The van der Waals surface area contributed by atoms with Crippen molar-refractivity contribution in [1.82, 2.24) is 15.0 Å². The maximum atomic E-state index is 6.44. The summed E-state index contributed by atoms with van der Waals surface area (Å²) in [5.74, 6) is 1.85. The first-order chi connectivity index (χ1) is 24.7. The van der Waals surface area contributed by atoms with E-state index < -0.39 is 0 Å². The molecule has 0 aliphatic rings. The number of aromatic nitrogens is 3. The summed E-state index contributed by atoms with van der Waals surface area (Å²) in [7, 11) is 0. The Bertz CT molecular complexity index is 2810. The largest absolute Gasteiger partial charge is 0.456 e. The fraction of sp³-hybridized carbons (Fsp3) is 0. The number of hydrogen-bond acceptors (Lipinski definition) is 5. The Balaban J connectivity index is 1.06. The minimum Gasteiger partial charge on any atom is -0.456 e. The molecule has 0 atom stereocenters. The van der Waals surface area contributed by atoms with Crippen LogP contribution in [0.4, 0.5) is 0 Å². The first-order valence-electron chi connectivity index (χ1n) is 16.6. The third kappa shape index (κ3) is 4.75. The van der Waals surface area contributed by atoms with E-state index in [0.717, 1.165) is 82.8 Å². The summed E-state index contributed by atoms with van der Waals surface area (Å²) in [4.78, 5) is 14.7. The van der Waals surface area contributed by atoms with Gasteiger partial charge in [0.05, 0.1) is 0 Å². The molecule has 0 aliphatic heterocycles. The molecule has 0 saturated heterocycles. The molecule has 10 aromatic rings. The minimum absolute atomic E-state index is 0.594. The lowest BCUT2D eigenvalue weighted by Crippen LogP contribution is -2.00. The van der Waals surface area contributed by atoms with Gasteiger partial charge in [-0.15, -0.1) is 0 Å². The molecule has 3 aromatic heterocycles. The van der Waals surface area contributed by atoms with Gasteiger partial charge in [0, 0.05) is 38.2 Å². The van der Waals surface area contributed by atoms with Crippen molar-refractivity contribution in [2.45, 2.75) is 0 Å². The lowest BCUT2D eigenvalue weighted by molar-refractivity contribution is 0.668. The molecule has 0 spiro atoms. The summed E-state index contributed by atoms with van der Waals surface area (Å²) in [6.07, 6.45) is 0. The van der Waals surface area contributed by atoms with Crippen LogP contribution in [0.15, 0.2) is 173 Å². The Morgan fingerprint density at radius 3 is 1.38 bits per heavy atom. The van der Waals surface area contributed by atoms with Crippen LogP contribution in [0.1, 0.15) is 0 Å². The van der Waals surface area contributed by atoms with Crippen molar-refractivity contribution in [3.8, 4) is 56.4 Å². The van der Waals surface area contributed by atoms with Crippen LogP contribution in [0.25, 0.3) is 100 Å². The third-order valence-corrected chi connectivity index (χ3v) is 9.36. The number of furan rings is 2. The molecule has 0 amide bonds. The van der Waals surface area contributed by atoms with Crippen LogP contribution in [0, 0.1) is 0 Å². The Morgan fingerprint density at radius 1 is 0.280 bits per heavy atom. The zero-order valence-corrected chi connectivity index (χ0v) is 26.7. The number of nitrogens with zero attached hydrogens (tertiary/aromatic N) is 3. The number of benzene rings is 7. The Labute approximate surface area is 287 Å². The second-order valence-corrected chi connectivity index (χ2v) is 12.4. The highest BCUT2D eigenvalue weighted by molar-refractivity contribution is 6.08. The van der Waals surface area contributed by atoms with E-state index >= 15 is 0 Å². The van der Waals surface area contributed by atoms with Crippen LogP contribution in [0.2, 0.25) is 0 Å². The zero-order valence-electron chi connectivity index (χ0n) is 26.7. The predicted molar refractivity (Wildman–Crippen MR) is 202 cm³/mol. The van der Waals surface area contributed by atoms with E-state index in [1.54, 1.807) is 0 Å². The van der Waals surface area contributed by atoms with Crippen molar-refractivity contribution in [2.75, 3.05) is 0 Å². The van der Waals surface area contributed by atoms with E-state index in [9.17, 15) is 0 Å². The van der Waals surface area contributed by atoms with E-state index in [1.807, 2.05) is 84.9 Å². The molecule has 234 valence electrons. The predicted octanol–water partition coefficient (Wildman–Crippen LogP) is 12.0. The van der Waals surface area contributed by atoms with Gasteiger partial charge in [0.15, 0.2) is 17.5 Å². The van der Waals surface area contributed by atoms with Gasteiger partial charge >= 0.3 is 0 Å². The molecule has 0 saturated carbocycles. The van der Waals surface area contributed by atoms with Crippen molar-refractivity contribution >= 4 is 43.9 Å². The number of rotatable bonds is 5. The van der Waals surface area contributed by atoms with Crippen LogP contribution in [0.5, 0.6) is 0 Å². The number of para-hydroxylation sites is 1. The van der Waals surface area contributed by atoms with E-state index in [-0.39, 0.29) is 0 Å². The highest BCUT2D eigenvalue weighted by Crippen LogP contribution is 2.39. The number of fused-ring (bicyclic) bond motifs is 6. The SMILES string of the molecule is c1ccc(-c2nc(-c3ccccc3)nc(-c3ccc4c(c3)oc3ccc(-c5ccccc5-c5ccc6c(c5)oc5ccccc56)cc34)n2)cc1. The molecular formula is C45H27N3O2. The Hall–Kier alpha value is -6.85. The molecule has 50 heavy (non-hydrogen) atoms. The monoisotopic (exact) mass is 641 g/mol. The van der Waals surface area contributed by atoms with Gasteiger partial charge in [0.1, 0.15) is 22.3 Å². The topological polar surface area (TPSA) is 65.0 Å². The van der Waals surface area contributed by atoms with E-state index in [1.165, 1.54) is 0 Å². The summed E-state index contributed by atoms with van der Waals surface area (Å²) >= 11 is 0. The summed E-state index contributed by atoms with van der Waals surface area (Å²) in [5, 5.41) is 4.34. The molecule has 5 heteroatoms. The van der Waals surface area contributed by atoms with Gasteiger partial charge in [-0.2, -0.15) is 0 Å². The highest BCUT2D eigenvalue weighted by Gasteiger charge is 2.16. The molecule has 0 unspecified atom stereocenters. The minimum atomic E-state index is 0.594. The average molecular weight is 642 g/mol. The van der Waals surface area contributed by atoms with Crippen LogP contribution in [-0.2, 0) is 0 Å². The van der Waals surface area contributed by atoms with Crippen LogP contribution in [0.3, 0.4) is 0 Å². The van der Waals surface area contributed by atoms with Crippen LogP contribution in [-0.4, -0.2) is 15.0 Å². The third-order valence-electron chi connectivity index (χ3n) is 9.36. The average Bonchev–Trinajstić information content (AvgIpc) is 3.75. The first kappa shape index (κ1) is 28.2. The molecule has 0 bridgehead atoms. The van der Waals surface area contributed by atoms with Gasteiger partial charge in [0.25, 0.3) is 0 Å². The fourth-order valence-corrected chi connectivity index (χ4v) is 6.90. The number of hydrogen-bond donors (Lipinski definition) is 0. The maximum Gasteiger partial charge on any atom is 0.164 e. The van der Waals surface area contributed by atoms with Crippen LogP contribution < -0.4 is 0 Å². The van der Waals surface area contributed by atoms with Crippen LogP contribution >= 0.6 is 0 Å². The molecule has 0 N–H and O–H groups in total. The molecule has 3 heterocycles. The molecule has 0 fully saturated rings. The normalized spacial score (nSPS) is 11.6. The Kier molecular flexibility index (Phi) is 6.42. The van der Waals surface area contributed by atoms with Gasteiger partial charge in [-0.05, 0) is 64.7 Å². The second kappa shape index (κ2) is 11.4. The van der Waals surface area contributed by atoms with E-state index in [0.29, 0.717) is 17.5 Å². The quantitative estimate of drug-likeness (QED) is 0.187. The standard InChI is InChI=1S/C45H27N3O2/c1-3-11-28(12-4-1)43-46-44(29-13-5-2-6-14-29)48-45(47-43)32-20-23-37-38-25-30(21-24-40(38)50-42(37)27-32)33-15-7-8-16-34(33)31-19-22-36-35-17-9-10-18-39(35)49-41(36)26-31/h1-27H. The molecule has 10 rings (SSSR count). The smallest absolute Gasteiger partial charge is 0.164 e. The van der Waals surface area contributed by atoms with E-state index in [2.05, 4.69) is 78.9 Å². The van der Waals surface area contributed by atoms with Gasteiger partial charge in [-0.1, -0.05) is 121 Å². The molecule has 5 nitrogen and oxygen atoms in total.